The van der Waals surface area contributed by atoms with Crippen LogP contribution >= 0.6 is 23.5 Å². The van der Waals surface area contributed by atoms with E-state index in [2.05, 4.69) is 15.4 Å². The molecule has 0 unspecified atom stereocenters. The highest BCUT2D eigenvalue weighted by Crippen LogP contribution is 2.25. The van der Waals surface area contributed by atoms with E-state index in [9.17, 15) is 9.59 Å². The minimum atomic E-state index is -0.322. The molecule has 0 aliphatic rings. The third-order valence-electron chi connectivity index (χ3n) is 4.67. The summed E-state index contributed by atoms with van der Waals surface area (Å²) in [4.78, 5) is 26.7. The Bertz CT molecular complexity index is 1270. The number of para-hydroxylation sites is 2. The molecule has 5 nitrogen and oxygen atoms in total. The first-order valence-electron chi connectivity index (χ1n) is 10.1. The smallest absolute Gasteiger partial charge is 0.261 e. The number of hydrogen-bond donors (Lipinski definition) is 3. The van der Waals surface area contributed by atoms with Gasteiger partial charge in [-0.1, -0.05) is 54.1 Å². The van der Waals surface area contributed by atoms with Gasteiger partial charge in [-0.2, -0.15) is 0 Å². The molecule has 0 saturated heterocycles. The monoisotopic (exact) mass is 473 g/mol. The zero-order valence-electron chi connectivity index (χ0n) is 17.4. The van der Waals surface area contributed by atoms with Crippen molar-refractivity contribution in [3.05, 3.63) is 119 Å². The maximum absolute atomic E-state index is 13.1. The summed E-state index contributed by atoms with van der Waals surface area (Å²) in [5.74, 6) is -0.642. The van der Waals surface area contributed by atoms with Crippen LogP contribution in [0.25, 0.3) is 0 Å². The van der Waals surface area contributed by atoms with Crippen LogP contribution in [0.1, 0.15) is 20.7 Å². The van der Waals surface area contributed by atoms with Gasteiger partial charge in [-0.3, -0.25) is 14.3 Å². The number of rotatable bonds is 7. The summed E-state index contributed by atoms with van der Waals surface area (Å²) in [5.41, 5.74) is 2.80. The van der Waals surface area contributed by atoms with E-state index < -0.39 is 0 Å². The van der Waals surface area contributed by atoms with Crippen molar-refractivity contribution in [1.29, 1.82) is 0 Å². The zero-order valence-corrected chi connectivity index (χ0v) is 19.0. The summed E-state index contributed by atoms with van der Waals surface area (Å²) in [5, 5.41) is 6.73. The van der Waals surface area contributed by atoms with E-state index in [1.165, 1.54) is 0 Å². The minimum Gasteiger partial charge on any atom is -0.355 e. The van der Waals surface area contributed by atoms with Crippen LogP contribution in [0.3, 0.4) is 0 Å². The summed E-state index contributed by atoms with van der Waals surface area (Å²) in [7, 11) is 0. The molecule has 0 atom stereocenters. The molecule has 0 saturated carbocycles. The lowest BCUT2D eigenvalue weighted by Gasteiger charge is -2.14. The number of carbonyl (C=O) groups is 2. The predicted molar refractivity (Wildman–Crippen MR) is 135 cm³/mol. The Morgan fingerprint density at radius 2 is 1.39 bits per heavy atom. The normalized spacial score (nSPS) is 10.3. The predicted octanol–water partition coefficient (Wildman–Crippen LogP) is 6.77. The van der Waals surface area contributed by atoms with E-state index in [-0.39, 0.29) is 11.8 Å². The second-order valence-electron chi connectivity index (χ2n) is 7.06. The van der Waals surface area contributed by atoms with Gasteiger partial charge in [0, 0.05) is 26.9 Å². The van der Waals surface area contributed by atoms with Crippen molar-refractivity contribution < 1.29 is 9.59 Å². The van der Waals surface area contributed by atoms with Crippen LogP contribution in [0.2, 0.25) is 5.02 Å². The van der Waals surface area contributed by atoms with Gasteiger partial charge >= 0.3 is 0 Å². The quantitative estimate of drug-likeness (QED) is 0.259. The molecular formula is C26H20ClN3O2S. The molecule has 0 aliphatic heterocycles. The highest BCUT2D eigenvalue weighted by molar-refractivity contribution is 7.98. The molecule has 0 fully saturated rings. The van der Waals surface area contributed by atoms with E-state index in [0.29, 0.717) is 27.5 Å². The van der Waals surface area contributed by atoms with Crippen LogP contribution in [0, 0.1) is 0 Å². The third kappa shape index (κ3) is 6.16. The van der Waals surface area contributed by atoms with Gasteiger partial charge in [-0.25, -0.2) is 0 Å². The molecule has 4 aromatic carbocycles. The van der Waals surface area contributed by atoms with Gasteiger partial charge < -0.3 is 10.6 Å². The van der Waals surface area contributed by atoms with Crippen molar-refractivity contribution in [3.8, 4) is 0 Å². The SMILES string of the molecule is O=C(NSc1cccc(Cl)c1)c1ccc(Nc2ccccc2)c(C(=O)Nc2ccccc2)c1. The first-order chi connectivity index (χ1) is 16.1. The van der Waals surface area contributed by atoms with Gasteiger partial charge in [0.1, 0.15) is 0 Å². The van der Waals surface area contributed by atoms with Gasteiger partial charge in [0.25, 0.3) is 11.8 Å². The van der Waals surface area contributed by atoms with Gasteiger partial charge in [0.2, 0.25) is 0 Å². The van der Waals surface area contributed by atoms with E-state index in [1.54, 1.807) is 42.5 Å². The van der Waals surface area contributed by atoms with Gasteiger partial charge in [-0.15, -0.1) is 0 Å². The van der Waals surface area contributed by atoms with E-state index in [1.807, 2.05) is 60.7 Å². The van der Waals surface area contributed by atoms with E-state index in [4.69, 9.17) is 11.6 Å². The summed E-state index contributed by atoms with van der Waals surface area (Å²) in [6.07, 6.45) is 0. The van der Waals surface area contributed by atoms with Gasteiger partial charge in [-0.05, 0) is 72.6 Å². The fourth-order valence-corrected chi connectivity index (χ4v) is 3.99. The second kappa shape index (κ2) is 10.7. The van der Waals surface area contributed by atoms with Crippen molar-refractivity contribution in [3.63, 3.8) is 0 Å². The lowest BCUT2D eigenvalue weighted by atomic mass is 10.1. The summed E-state index contributed by atoms with van der Waals surface area (Å²) < 4.78 is 2.79. The fourth-order valence-electron chi connectivity index (χ4n) is 3.07. The van der Waals surface area contributed by atoms with Crippen molar-refractivity contribution in [2.24, 2.45) is 0 Å². The molecule has 0 heterocycles. The van der Waals surface area contributed by atoms with Crippen LogP contribution < -0.4 is 15.4 Å². The average molecular weight is 474 g/mol. The minimum absolute atomic E-state index is 0.319. The Hall–Kier alpha value is -3.74. The molecule has 0 aliphatic carbocycles. The Balaban J connectivity index is 1.58. The third-order valence-corrected chi connectivity index (χ3v) is 5.68. The molecule has 0 spiro atoms. The van der Waals surface area contributed by atoms with Gasteiger partial charge in [0.15, 0.2) is 0 Å². The van der Waals surface area contributed by atoms with Crippen LogP contribution in [0.5, 0.6) is 0 Å². The van der Waals surface area contributed by atoms with Crippen LogP contribution in [0.15, 0.2) is 108 Å². The maximum atomic E-state index is 13.1. The van der Waals surface area contributed by atoms with Crippen LogP contribution in [-0.2, 0) is 0 Å². The molecule has 4 rings (SSSR count). The van der Waals surface area contributed by atoms with Crippen molar-refractivity contribution in [2.45, 2.75) is 4.90 Å². The molecule has 33 heavy (non-hydrogen) atoms. The zero-order chi connectivity index (χ0) is 23.0. The average Bonchev–Trinajstić information content (AvgIpc) is 2.84. The van der Waals surface area contributed by atoms with Crippen molar-refractivity contribution in [2.75, 3.05) is 10.6 Å². The van der Waals surface area contributed by atoms with Crippen molar-refractivity contribution >= 4 is 52.4 Å². The number of anilines is 3. The number of carbonyl (C=O) groups excluding carboxylic acids is 2. The molecule has 7 heteroatoms. The molecule has 4 aromatic rings. The largest absolute Gasteiger partial charge is 0.355 e. The second-order valence-corrected chi connectivity index (χ2v) is 8.38. The topological polar surface area (TPSA) is 70.2 Å². The van der Waals surface area contributed by atoms with Crippen LogP contribution in [-0.4, -0.2) is 11.8 Å². The lowest BCUT2D eigenvalue weighted by molar-refractivity contribution is 0.0984. The number of hydrogen-bond acceptors (Lipinski definition) is 4. The van der Waals surface area contributed by atoms with Crippen molar-refractivity contribution in [1.82, 2.24) is 4.72 Å². The molecule has 0 aromatic heterocycles. The maximum Gasteiger partial charge on any atom is 0.261 e. The molecule has 2 amide bonds. The van der Waals surface area contributed by atoms with E-state index in [0.717, 1.165) is 22.5 Å². The fraction of sp³-hybridized carbons (Fsp3) is 0. The van der Waals surface area contributed by atoms with E-state index >= 15 is 0 Å². The summed E-state index contributed by atoms with van der Waals surface area (Å²) in [6, 6.07) is 30.9. The summed E-state index contributed by atoms with van der Waals surface area (Å²) >= 11 is 7.17. The molecule has 0 radical (unpaired) electrons. The van der Waals surface area contributed by atoms with Gasteiger partial charge in [0.05, 0.1) is 11.3 Å². The highest BCUT2D eigenvalue weighted by atomic mass is 35.5. The molecule has 164 valence electrons. The van der Waals surface area contributed by atoms with Crippen LogP contribution in [0.4, 0.5) is 17.1 Å². The number of nitrogens with one attached hydrogen (secondary N) is 3. The molecule has 0 bridgehead atoms. The number of halogens is 1. The highest BCUT2D eigenvalue weighted by Gasteiger charge is 2.16. The Kier molecular flexibility index (Phi) is 7.29. The Morgan fingerprint density at radius 1 is 0.697 bits per heavy atom. The first kappa shape index (κ1) is 22.5. The number of benzene rings is 4. The number of amides is 2. The standard InChI is InChI=1S/C26H20ClN3O2S/c27-19-8-7-13-22(17-19)33-30-25(31)18-14-15-24(28-20-9-3-1-4-10-20)23(16-18)26(32)29-21-11-5-2-6-12-21/h1-17,28H,(H,29,32)(H,30,31). The molecule has 3 N–H and O–H groups in total. The summed E-state index contributed by atoms with van der Waals surface area (Å²) in [6.45, 7) is 0. The Labute approximate surface area is 201 Å². The Morgan fingerprint density at radius 3 is 2.09 bits per heavy atom. The lowest BCUT2D eigenvalue weighted by Crippen LogP contribution is -2.19. The first-order valence-corrected chi connectivity index (χ1v) is 11.3. The molecular weight excluding hydrogens is 454 g/mol.